The topological polar surface area (TPSA) is 79.8 Å². The van der Waals surface area contributed by atoms with Crippen LogP contribution in [0.15, 0.2) is 47.5 Å². The van der Waals surface area contributed by atoms with Crippen molar-refractivity contribution < 1.29 is 4.74 Å². The highest BCUT2D eigenvalue weighted by Crippen LogP contribution is 2.48. The highest BCUT2D eigenvalue weighted by molar-refractivity contribution is 5.82. The molecule has 4 aromatic rings. The molecule has 3 aromatic heterocycles. The molecule has 1 saturated carbocycles. The number of ether oxygens (including phenoxy) is 1. The number of rotatable bonds is 7. The van der Waals surface area contributed by atoms with E-state index in [0.29, 0.717) is 36.3 Å². The van der Waals surface area contributed by atoms with Crippen LogP contribution in [0.25, 0.3) is 10.9 Å². The van der Waals surface area contributed by atoms with Gasteiger partial charge in [0, 0.05) is 56.2 Å². The number of nitrogens with zero attached hydrogens (tertiary/aromatic N) is 6. The average molecular weight is 419 g/mol. The lowest BCUT2D eigenvalue weighted by atomic mass is 10.1. The lowest BCUT2D eigenvalue weighted by Gasteiger charge is -2.09. The van der Waals surface area contributed by atoms with Gasteiger partial charge in [0.1, 0.15) is 0 Å². The summed E-state index contributed by atoms with van der Waals surface area (Å²) < 4.78 is 11.1. The molecular weight excluding hydrogens is 392 g/mol. The number of para-hydroxylation sites is 1. The van der Waals surface area contributed by atoms with Crippen LogP contribution in [0.2, 0.25) is 0 Å². The summed E-state index contributed by atoms with van der Waals surface area (Å²) in [5, 5.41) is 14.4. The third kappa shape index (κ3) is 3.85. The van der Waals surface area contributed by atoms with E-state index < -0.39 is 0 Å². The van der Waals surface area contributed by atoms with Crippen molar-refractivity contribution >= 4 is 10.9 Å². The zero-order valence-corrected chi connectivity index (χ0v) is 18.0. The van der Waals surface area contributed by atoms with Crippen LogP contribution in [-0.4, -0.2) is 35.9 Å². The SMILES string of the molecule is Cn1cc(CCc2cc(OC[C@@H]3C[C@H]3c3nn(C)c4ccccc34)nn(C)c2=O)cn1. The maximum Gasteiger partial charge on any atom is 0.269 e. The molecule has 0 N–H and O–H groups in total. The highest BCUT2D eigenvalue weighted by Gasteiger charge is 2.42. The number of fused-ring (bicyclic) bond motifs is 1. The molecule has 160 valence electrons. The van der Waals surface area contributed by atoms with Crippen molar-refractivity contribution in [2.24, 2.45) is 27.1 Å². The minimum Gasteiger partial charge on any atom is -0.476 e. The Balaban J connectivity index is 1.25. The van der Waals surface area contributed by atoms with Gasteiger partial charge in [-0.2, -0.15) is 10.2 Å². The van der Waals surface area contributed by atoms with Crippen LogP contribution in [0.5, 0.6) is 5.88 Å². The third-order valence-corrected chi connectivity index (χ3v) is 6.06. The summed E-state index contributed by atoms with van der Waals surface area (Å²) in [6.07, 6.45) is 6.24. The summed E-state index contributed by atoms with van der Waals surface area (Å²) in [6, 6.07) is 10.1. The number of benzene rings is 1. The molecule has 3 heterocycles. The molecule has 1 aliphatic carbocycles. The van der Waals surface area contributed by atoms with Gasteiger partial charge in [0.15, 0.2) is 0 Å². The van der Waals surface area contributed by atoms with Crippen LogP contribution in [0, 0.1) is 5.92 Å². The van der Waals surface area contributed by atoms with E-state index in [0.717, 1.165) is 29.6 Å². The fourth-order valence-electron chi connectivity index (χ4n) is 4.25. The Hall–Kier alpha value is -3.42. The molecule has 0 bridgehead atoms. The minimum absolute atomic E-state index is 0.0829. The average Bonchev–Trinajstić information content (AvgIpc) is 3.29. The number of aryl methyl sites for hydroxylation is 5. The van der Waals surface area contributed by atoms with Crippen molar-refractivity contribution in [2.45, 2.75) is 25.2 Å². The Morgan fingerprint density at radius 3 is 2.74 bits per heavy atom. The van der Waals surface area contributed by atoms with E-state index in [1.807, 2.05) is 37.2 Å². The summed E-state index contributed by atoms with van der Waals surface area (Å²) in [6.45, 7) is 0.572. The first-order valence-corrected chi connectivity index (χ1v) is 10.6. The summed E-state index contributed by atoms with van der Waals surface area (Å²) in [5.41, 5.74) is 4.03. The summed E-state index contributed by atoms with van der Waals surface area (Å²) >= 11 is 0. The number of hydrogen-bond donors (Lipinski definition) is 0. The first-order chi connectivity index (χ1) is 15.0. The smallest absolute Gasteiger partial charge is 0.269 e. The van der Waals surface area contributed by atoms with Gasteiger partial charge in [-0.15, -0.1) is 5.10 Å². The van der Waals surface area contributed by atoms with Gasteiger partial charge in [0.25, 0.3) is 5.56 Å². The fraction of sp³-hybridized carbons (Fsp3) is 0.391. The van der Waals surface area contributed by atoms with Gasteiger partial charge >= 0.3 is 0 Å². The van der Waals surface area contributed by atoms with Gasteiger partial charge in [0.05, 0.1) is 24.0 Å². The quantitative estimate of drug-likeness (QED) is 0.460. The Morgan fingerprint density at radius 2 is 1.94 bits per heavy atom. The molecule has 8 heteroatoms. The number of aromatic nitrogens is 6. The molecule has 0 radical (unpaired) electrons. The molecule has 5 rings (SSSR count). The molecule has 0 spiro atoms. The molecule has 0 amide bonds. The van der Waals surface area contributed by atoms with E-state index in [-0.39, 0.29) is 5.56 Å². The van der Waals surface area contributed by atoms with Crippen molar-refractivity contribution in [3.63, 3.8) is 0 Å². The maximum absolute atomic E-state index is 12.5. The standard InChI is InChI=1S/C23H26N6O2/c1-27-13-15(12-24-27)8-9-16-11-21(25-29(3)23(16)30)31-14-17-10-19(17)22-18-6-4-5-7-20(18)28(2)26-22/h4-7,11-13,17,19H,8-10,14H2,1-3H3/t17-,19+/m0/s1. The van der Waals surface area contributed by atoms with E-state index in [1.54, 1.807) is 17.8 Å². The predicted octanol–water partition coefficient (Wildman–Crippen LogP) is 2.37. The third-order valence-electron chi connectivity index (χ3n) is 6.06. The molecule has 31 heavy (non-hydrogen) atoms. The lowest BCUT2D eigenvalue weighted by Crippen LogP contribution is -2.24. The number of hydrogen-bond acceptors (Lipinski definition) is 5. The Morgan fingerprint density at radius 1 is 1.10 bits per heavy atom. The van der Waals surface area contributed by atoms with E-state index in [2.05, 4.69) is 28.4 Å². The van der Waals surface area contributed by atoms with Gasteiger partial charge in [0.2, 0.25) is 5.88 Å². The second kappa shape index (κ2) is 7.68. The Kier molecular flexibility index (Phi) is 4.84. The molecule has 1 aliphatic rings. The second-order valence-corrected chi connectivity index (χ2v) is 8.40. The molecule has 0 saturated heterocycles. The van der Waals surface area contributed by atoms with Gasteiger partial charge in [-0.25, -0.2) is 4.68 Å². The van der Waals surface area contributed by atoms with Crippen LogP contribution in [0.3, 0.4) is 0 Å². The van der Waals surface area contributed by atoms with Gasteiger partial charge in [-0.05, 0) is 30.9 Å². The van der Waals surface area contributed by atoms with E-state index in [4.69, 9.17) is 9.84 Å². The van der Waals surface area contributed by atoms with Crippen LogP contribution in [0.4, 0.5) is 0 Å². The van der Waals surface area contributed by atoms with Crippen molar-refractivity contribution in [2.75, 3.05) is 6.61 Å². The summed E-state index contributed by atoms with van der Waals surface area (Å²) in [4.78, 5) is 12.5. The predicted molar refractivity (Wildman–Crippen MR) is 117 cm³/mol. The lowest BCUT2D eigenvalue weighted by molar-refractivity contribution is 0.277. The van der Waals surface area contributed by atoms with E-state index in [1.165, 1.54) is 10.1 Å². The maximum atomic E-state index is 12.5. The molecule has 1 fully saturated rings. The largest absolute Gasteiger partial charge is 0.476 e. The van der Waals surface area contributed by atoms with Gasteiger partial charge < -0.3 is 4.74 Å². The monoisotopic (exact) mass is 418 g/mol. The zero-order valence-electron chi connectivity index (χ0n) is 18.0. The summed E-state index contributed by atoms with van der Waals surface area (Å²) in [7, 11) is 5.55. The van der Waals surface area contributed by atoms with Gasteiger partial charge in [-0.3, -0.25) is 14.2 Å². The zero-order chi connectivity index (χ0) is 21.5. The molecule has 1 aromatic carbocycles. The Labute approximate surface area is 180 Å². The second-order valence-electron chi connectivity index (χ2n) is 8.40. The molecule has 8 nitrogen and oxygen atoms in total. The minimum atomic E-state index is -0.0829. The molecule has 0 unspecified atom stereocenters. The molecular formula is C23H26N6O2. The van der Waals surface area contributed by atoms with Crippen molar-refractivity contribution in [3.8, 4) is 5.88 Å². The van der Waals surface area contributed by atoms with Gasteiger partial charge in [-0.1, -0.05) is 18.2 Å². The first-order valence-electron chi connectivity index (χ1n) is 10.6. The Bertz CT molecular complexity index is 1300. The highest BCUT2D eigenvalue weighted by atomic mass is 16.5. The van der Waals surface area contributed by atoms with Crippen molar-refractivity contribution in [1.29, 1.82) is 0 Å². The van der Waals surface area contributed by atoms with E-state index >= 15 is 0 Å². The van der Waals surface area contributed by atoms with E-state index in [9.17, 15) is 4.79 Å². The van der Waals surface area contributed by atoms with Crippen molar-refractivity contribution in [3.05, 3.63) is 69.9 Å². The van der Waals surface area contributed by atoms with Crippen molar-refractivity contribution in [1.82, 2.24) is 29.3 Å². The van der Waals surface area contributed by atoms with Crippen LogP contribution >= 0.6 is 0 Å². The molecule has 2 atom stereocenters. The molecule has 0 aliphatic heterocycles. The van der Waals surface area contributed by atoms with Crippen LogP contribution in [0.1, 0.15) is 29.2 Å². The summed E-state index contributed by atoms with van der Waals surface area (Å²) in [5.74, 6) is 1.32. The van der Waals surface area contributed by atoms with Crippen LogP contribution < -0.4 is 10.3 Å². The normalized spacial score (nSPS) is 17.9. The first kappa shape index (κ1) is 19.5. The van der Waals surface area contributed by atoms with Crippen LogP contribution in [-0.2, 0) is 34.0 Å². The fourth-order valence-corrected chi connectivity index (χ4v) is 4.25.